The van der Waals surface area contributed by atoms with Crippen molar-refractivity contribution in [3.05, 3.63) is 29.2 Å². The molecule has 1 aliphatic carbocycles. The predicted molar refractivity (Wildman–Crippen MR) is 87.8 cm³/mol. The van der Waals surface area contributed by atoms with Crippen LogP contribution in [0.2, 0.25) is 0 Å². The normalized spacial score (nSPS) is 24.6. The van der Waals surface area contributed by atoms with Crippen LogP contribution in [-0.2, 0) is 11.2 Å². The smallest absolute Gasteiger partial charge is 0.228 e. The highest BCUT2D eigenvalue weighted by Crippen LogP contribution is 2.34. The Morgan fingerprint density at radius 3 is 2.91 bits per heavy atom. The molecule has 2 unspecified atom stereocenters. The summed E-state index contributed by atoms with van der Waals surface area (Å²) in [4.78, 5) is 9.07. The quantitative estimate of drug-likeness (QED) is 0.905. The third kappa shape index (κ3) is 2.95. The molecule has 0 aromatic carbocycles. The molecule has 2 aromatic heterocycles. The van der Waals surface area contributed by atoms with Crippen molar-refractivity contribution < 1.29 is 4.74 Å². The highest BCUT2D eigenvalue weighted by Gasteiger charge is 2.24. The molecule has 2 N–H and O–H groups in total. The lowest BCUT2D eigenvalue weighted by atomic mass is 10.0. The molecule has 0 bridgehead atoms. The van der Waals surface area contributed by atoms with Crippen molar-refractivity contribution in [2.24, 2.45) is 0 Å². The minimum Gasteiger partial charge on any atom is -0.370 e. The molecule has 1 aliphatic heterocycles. The predicted octanol–water partition coefficient (Wildman–Crippen LogP) is 3.62. The molecule has 0 amide bonds. The second-order valence-corrected chi connectivity index (χ2v) is 6.70. The van der Waals surface area contributed by atoms with Gasteiger partial charge in [0.2, 0.25) is 5.95 Å². The van der Waals surface area contributed by atoms with Crippen LogP contribution in [0, 0.1) is 0 Å². The van der Waals surface area contributed by atoms with E-state index >= 15 is 0 Å². The van der Waals surface area contributed by atoms with Gasteiger partial charge in [-0.25, -0.2) is 9.97 Å². The number of aromatic amines is 1. The van der Waals surface area contributed by atoms with Gasteiger partial charge in [0, 0.05) is 35.9 Å². The maximum atomic E-state index is 5.81. The number of nitrogens with one attached hydrogen (secondary N) is 2. The summed E-state index contributed by atoms with van der Waals surface area (Å²) >= 11 is 0. The number of fused-ring (bicyclic) bond motifs is 1. The topological polar surface area (TPSA) is 75.7 Å². The Hall–Kier alpha value is -1.95. The van der Waals surface area contributed by atoms with Gasteiger partial charge in [0.1, 0.15) is 0 Å². The zero-order valence-electron chi connectivity index (χ0n) is 13.7. The van der Waals surface area contributed by atoms with Gasteiger partial charge in [-0.1, -0.05) is 12.8 Å². The summed E-state index contributed by atoms with van der Waals surface area (Å²) in [6.07, 6.45) is 8.09. The lowest BCUT2D eigenvalue weighted by Crippen LogP contribution is -2.23. The molecule has 0 radical (unpaired) electrons. The van der Waals surface area contributed by atoms with Crippen molar-refractivity contribution in [2.45, 2.75) is 64.1 Å². The van der Waals surface area contributed by atoms with Gasteiger partial charge in [0.05, 0.1) is 17.9 Å². The minimum atomic E-state index is 0.0575. The van der Waals surface area contributed by atoms with E-state index in [1.807, 2.05) is 13.1 Å². The number of H-pyrrole nitrogens is 1. The van der Waals surface area contributed by atoms with E-state index in [9.17, 15) is 0 Å². The average Bonchev–Trinajstić information content (AvgIpc) is 3.17. The lowest BCUT2D eigenvalue weighted by Gasteiger charge is -2.27. The van der Waals surface area contributed by atoms with E-state index in [-0.39, 0.29) is 12.2 Å². The molecule has 1 fully saturated rings. The molecule has 2 atom stereocenters. The van der Waals surface area contributed by atoms with Crippen LogP contribution in [0.5, 0.6) is 0 Å². The molecule has 6 heteroatoms. The average molecular weight is 313 g/mol. The van der Waals surface area contributed by atoms with Crippen molar-refractivity contribution in [2.75, 3.05) is 5.32 Å². The standard InChI is InChI=1S/C17H23N5O/c1-10-7-15-13(11(2)23-10)9-18-17(19-15)20-16-8-14(21-22-16)12-5-3-4-6-12/h8-12H,3-7H2,1-2H3,(H2,18,19,20,21,22). The molecule has 23 heavy (non-hydrogen) atoms. The van der Waals surface area contributed by atoms with Crippen LogP contribution in [0.1, 0.15) is 68.5 Å². The Morgan fingerprint density at radius 2 is 2.09 bits per heavy atom. The highest BCUT2D eigenvalue weighted by atomic mass is 16.5. The van der Waals surface area contributed by atoms with E-state index in [4.69, 9.17) is 4.74 Å². The van der Waals surface area contributed by atoms with Gasteiger partial charge in [-0.3, -0.25) is 5.10 Å². The highest BCUT2D eigenvalue weighted by molar-refractivity contribution is 5.49. The van der Waals surface area contributed by atoms with E-state index in [0.29, 0.717) is 11.9 Å². The molecule has 0 saturated heterocycles. The van der Waals surface area contributed by atoms with Crippen LogP contribution in [0.25, 0.3) is 0 Å². The Kier molecular flexibility index (Phi) is 3.77. The number of nitrogens with zero attached hydrogens (tertiary/aromatic N) is 3. The third-order valence-corrected chi connectivity index (χ3v) is 4.89. The van der Waals surface area contributed by atoms with Gasteiger partial charge >= 0.3 is 0 Å². The summed E-state index contributed by atoms with van der Waals surface area (Å²) in [7, 11) is 0. The van der Waals surface area contributed by atoms with E-state index < -0.39 is 0 Å². The number of aromatic nitrogens is 4. The van der Waals surface area contributed by atoms with Crippen LogP contribution in [-0.4, -0.2) is 26.3 Å². The van der Waals surface area contributed by atoms with Gasteiger partial charge in [0.25, 0.3) is 0 Å². The Balaban J connectivity index is 1.52. The summed E-state index contributed by atoms with van der Waals surface area (Å²) in [5.41, 5.74) is 3.38. The molecular formula is C17H23N5O. The van der Waals surface area contributed by atoms with Crippen molar-refractivity contribution in [3.8, 4) is 0 Å². The van der Waals surface area contributed by atoms with Crippen LogP contribution in [0.15, 0.2) is 12.3 Å². The number of ether oxygens (including phenoxy) is 1. The molecule has 122 valence electrons. The molecule has 3 heterocycles. The molecule has 6 nitrogen and oxygen atoms in total. The van der Waals surface area contributed by atoms with E-state index in [1.165, 1.54) is 31.4 Å². The number of hydrogen-bond donors (Lipinski definition) is 2. The van der Waals surface area contributed by atoms with Crippen molar-refractivity contribution in [1.29, 1.82) is 0 Å². The maximum Gasteiger partial charge on any atom is 0.228 e. The summed E-state index contributed by atoms with van der Waals surface area (Å²) in [6.45, 7) is 4.13. The van der Waals surface area contributed by atoms with Crippen molar-refractivity contribution in [3.63, 3.8) is 0 Å². The van der Waals surface area contributed by atoms with Gasteiger partial charge in [-0.05, 0) is 26.7 Å². The Labute approximate surface area is 136 Å². The van der Waals surface area contributed by atoms with Crippen LogP contribution < -0.4 is 5.32 Å². The largest absolute Gasteiger partial charge is 0.370 e. The van der Waals surface area contributed by atoms with Crippen LogP contribution >= 0.6 is 0 Å². The molecule has 2 aromatic rings. The lowest BCUT2D eigenvalue weighted by molar-refractivity contribution is -0.00615. The number of hydrogen-bond acceptors (Lipinski definition) is 5. The summed E-state index contributed by atoms with van der Waals surface area (Å²) in [6, 6.07) is 2.09. The number of anilines is 2. The van der Waals surface area contributed by atoms with E-state index in [2.05, 4.69) is 38.5 Å². The molecular weight excluding hydrogens is 290 g/mol. The Morgan fingerprint density at radius 1 is 1.26 bits per heavy atom. The fourth-order valence-corrected chi connectivity index (χ4v) is 3.69. The monoisotopic (exact) mass is 313 g/mol. The Bertz CT molecular complexity index is 692. The van der Waals surface area contributed by atoms with E-state index in [1.54, 1.807) is 0 Å². The first-order valence-corrected chi connectivity index (χ1v) is 8.52. The molecule has 0 spiro atoms. The number of rotatable bonds is 3. The van der Waals surface area contributed by atoms with E-state index in [0.717, 1.165) is 23.5 Å². The molecule has 2 aliphatic rings. The first kappa shape index (κ1) is 14.6. The first-order chi connectivity index (χ1) is 11.2. The van der Waals surface area contributed by atoms with Crippen LogP contribution in [0.4, 0.5) is 11.8 Å². The van der Waals surface area contributed by atoms with Gasteiger partial charge in [0.15, 0.2) is 5.82 Å². The van der Waals surface area contributed by atoms with Crippen LogP contribution in [0.3, 0.4) is 0 Å². The second kappa shape index (κ2) is 5.92. The van der Waals surface area contributed by atoms with Crippen molar-refractivity contribution in [1.82, 2.24) is 20.2 Å². The zero-order valence-corrected chi connectivity index (χ0v) is 13.7. The minimum absolute atomic E-state index is 0.0575. The molecule has 4 rings (SSSR count). The molecule has 1 saturated carbocycles. The van der Waals surface area contributed by atoms with Gasteiger partial charge in [-0.15, -0.1) is 0 Å². The summed E-state index contributed by atoms with van der Waals surface area (Å²) in [5, 5.41) is 10.7. The fraction of sp³-hybridized carbons (Fsp3) is 0.588. The second-order valence-electron chi connectivity index (χ2n) is 6.70. The summed E-state index contributed by atoms with van der Waals surface area (Å²) in [5.74, 6) is 2.02. The first-order valence-electron chi connectivity index (χ1n) is 8.52. The maximum absolute atomic E-state index is 5.81. The SMILES string of the molecule is CC1Cc2nc(Nc3cc(C4CCCC4)[nH]n3)ncc2C(C)O1. The van der Waals surface area contributed by atoms with Gasteiger partial charge < -0.3 is 10.1 Å². The summed E-state index contributed by atoms with van der Waals surface area (Å²) < 4.78 is 5.81. The fourth-order valence-electron chi connectivity index (χ4n) is 3.69. The zero-order chi connectivity index (χ0) is 15.8. The van der Waals surface area contributed by atoms with Crippen molar-refractivity contribution >= 4 is 11.8 Å². The van der Waals surface area contributed by atoms with Gasteiger partial charge in [-0.2, -0.15) is 5.10 Å². The third-order valence-electron chi connectivity index (χ3n) is 4.89.